The molecule has 0 aromatic heterocycles. The van der Waals surface area contributed by atoms with Crippen LogP contribution in [0.4, 0.5) is 5.69 Å². The molecule has 20 heavy (non-hydrogen) atoms. The first-order valence-electron chi connectivity index (χ1n) is 7.17. The van der Waals surface area contributed by atoms with Crippen LogP contribution in [0.15, 0.2) is 28.7 Å². The van der Waals surface area contributed by atoms with Gasteiger partial charge in [0.15, 0.2) is 5.11 Å². The lowest BCUT2D eigenvalue weighted by molar-refractivity contribution is 0.162. The lowest BCUT2D eigenvalue weighted by Crippen LogP contribution is -2.44. The molecule has 0 aliphatic heterocycles. The Balaban J connectivity index is 1.89. The monoisotopic (exact) mass is 354 g/mol. The van der Waals surface area contributed by atoms with Crippen molar-refractivity contribution in [2.45, 2.75) is 46.1 Å². The zero-order valence-electron chi connectivity index (χ0n) is 12.4. The SMILES string of the molecule is CC1CC(NC(=S)Nc2ccc(Br)cc2)CC(C)(C)C1. The maximum atomic E-state index is 5.43. The molecule has 2 atom stereocenters. The van der Waals surface area contributed by atoms with Gasteiger partial charge in [-0.15, -0.1) is 0 Å². The van der Waals surface area contributed by atoms with E-state index in [0.717, 1.165) is 21.2 Å². The van der Waals surface area contributed by atoms with Crippen LogP contribution in [-0.2, 0) is 0 Å². The van der Waals surface area contributed by atoms with Gasteiger partial charge in [0.2, 0.25) is 0 Å². The molecule has 1 aliphatic rings. The summed E-state index contributed by atoms with van der Waals surface area (Å²) in [7, 11) is 0. The van der Waals surface area contributed by atoms with Crippen LogP contribution < -0.4 is 10.6 Å². The number of thiocarbonyl (C=S) groups is 1. The van der Waals surface area contributed by atoms with Crippen LogP contribution in [0.5, 0.6) is 0 Å². The number of halogens is 1. The van der Waals surface area contributed by atoms with Gasteiger partial charge < -0.3 is 10.6 Å². The molecule has 1 aliphatic carbocycles. The average Bonchev–Trinajstić information content (AvgIpc) is 2.29. The number of benzene rings is 1. The highest BCUT2D eigenvalue weighted by atomic mass is 79.9. The maximum absolute atomic E-state index is 5.43. The summed E-state index contributed by atoms with van der Waals surface area (Å²) in [4.78, 5) is 0. The first-order chi connectivity index (χ1) is 9.34. The zero-order valence-corrected chi connectivity index (χ0v) is 14.8. The molecule has 2 rings (SSSR count). The second-order valence-corrected chi connectivity index (χ2v) is 8.04. The van der Waals surface area contributed by atoms with Crippen molar-refractivity contribution in [1.29, 1.82) is 0 Å². The second-order valence-electron chi connectivity index (χ2n) is 6.72. The molecule has 0 spiro atoms. The Hall–Kier alpha value is -0.610. The molecule has 0 amide bonds. The topological polar surface area (TPSA) is 24.1 Å². The summed E-state index contributed by atoms with van der Waals surface area (Å²) in [6.07, 6.45) is 3.68. The van der Waals surface area contributed by atoms with E-state index in [-0.39, 0.29) is 0 Å². The third-order valence-electron chi connectivity index (χ3n) is 3.82. The Labute approximate surface area is 135 Å². The van der Waals surface area contributed by atoms with Gasteiger partial charge in [-0.25, -0.2) is 0 Å². The van der Waals surface area contributed by atoms with Crippen molar-refractivity contribution in [2.24, 2.45) is 11.3 Å². The van der Waals surface area contributed by atoms with Gasteiger partial charge in [-0.1, -0.05) is 36.7 Å². The molecule has 4 heteroatoms. The summed E-state index contributed by atoms with van der Waals surface area (Å²) in [6, 6.07) is 8.54. The van der Waals surface area contributed by atoms with Gasteiger partial charge in [-0.05, 0) is 67.1 Å². The van der Waals surface area contributed by atoms with Gasteiger partial charge in [0.05, 0.1) is 0 Å². The number of rotatable bonds is 2. The summed E-state index contributed by atoms with van der Waals surface area (Å²) < 4.78 is 1.07. The maximum Gasteiger partial charge on any atom is 0.170 e. The quantitative estimate of drug-likeness (QED) is 0.734. The highest BCUT2D eigenvalue weighted by Crippen LogP contribution is 2.38. The van der Waals surface area contributed by atoms with Crippen LogP contribution in [0.1, 0.15) is 40.0 Å². The fourth-order valence-electron chi connectivity index (χ4n) is 3.34. The normalized spacial score (nSPS) is 25.0. The Bertz CT molecular complexity index is 470. The van der Waals surface area contributed by atoms with Crippen molar-refractivity contribution in [3.05, 3.63) is 28.7 Å². The van der Waals surface area contributed by atoms with Crippen molar-refractivity contribution in [2.75, 3.05) is 5.32 Å². The molecule has 2 unspecified atom stereocenters. The first kappa shape index (κ1) is 15.8. The highest BCUT2D eigenvalue weighted by molar-refractivity contribution is 9.10. The molecule has 1 aromatic rings. The number of hydrogen-bond donors (Lipinski definition) is 2. The first-order valence-corrected chi connectivity index (χ1v) is 8.37. The van der Waals surface area contributed by atoms with Crippen molar-refractivity contribution in [3.63, 3.8) is 0 Å². The fraction of sp³-hybridized carbons (Fsp3) is 0.562. The largest absolute Gasteiger partial charge is 0.360 e. The van der Waals surface area contributed by atoms with E-state index >= 15 is 0 Å². The van der Waals surface area contributed by atoms with Crippen molar-refractivity contribution < 1.29 is 0 Å². The molecular weight excluding hydrogens is 332 g/mol. The molecule has 0 bridgehead atoms. The van der Waals surface area contributed by atoms with Crippen LogP contribution >= 0.6 is 28.1 Å². The van der Waals surface area contributed by atoms with Crippen molar-refractivity contribution in [3.8, 4) is 0 Å². The third-order valence-corrected chi connectivity index (χ3v) is 4.57. The Morgan fingerprint density at radius 3 is 2.50 bits per heavy atom. The Kier molecular flexibility index (Phi) is 5.08. The predicted octanol–water partition coefficient (Wildman–Crippen LogP) is 4.95. The van der Waals surface area contributed by atoms with Crippen LogP contribution in [0, 0.1) is 11.3 Å². The Morgan fingerprint density at radius 2 is 1.90 bits per heavy atom. The summed E-state index contributed by atoms with van der Waals surface area (Å²) in [6.45, 7) is 7.03. The van der Waals surface area contributed by atoms with E-state index in [0.29, 0.717) is 11.5 Å². The summed E-state index contributed by atoms with van der Waals surface area (Å²) in [5.74, 6) is 0.756. The van der Waals surface area contributed by atoms with E-state index in [4.69, 9.17) is 12.2 Å². The van der Waals surface area contributed by atoms with Crippen molar-refractivity contribution >= 4 is 38.9 Å². The highest BCUT2D eigenvalue weighted by Gasteiger charge is 2.32. The fourth-order valence-corrected chi connectivity index (χ4v) is 3.89. The molecule has 0 heterocycles. The summed E-state index contributed by atoms with van der Waals surface area (Å²) >= 11 is 8.86. The molecule has 0 saturated heterocycles. The Morgan fingerprint density at radius 1 is 1.25 bits per heavy atom. The van der Waals surface area contributed by atoms with Gasteiger partial charge >= 0.3 is 0 Å². The lowest BCUT2D eigenvalue weighted by Gasteiger charge is -2.39. The molecule has 2 N–H and O–H groups in total. The van der Waals surface area contributed by atoms with E-state index < -0.39 is 0 Å². The standard InChI is InChI=1S/C16H23BrN2S/c1-11-8-14(10-16(2,3)9-11)19-15(20)18-13-6-4-12(17)5-7-13/h4-7,11,14H,8-10H2,1-3H3,(H2,18,19,20). The summed E-state index contributed by atoms with van der Waals surface area (Å²) in [5.41, 5.74) is 1.43. The van der Waals surface area contributed by atoms with Gasteiger partial charge in [-0.3, -0.25) is 0 Å². The van der Waals surface area contributed by atoms with Crippen LogP contribution in [0.3, 0.4) is 0 Å². The van der Waals surface area contributed by atoms with E-state index in [9.17, 15) is 0 Å². The number of hydrogen-bond acceptors (Lipinski definition) is 1. The van der Waals surface area contributed by atoms with Crippen LogP contribution in [0.2, 0.25) is 0 Å². The number of anilines is 1. The smallest absolute Gasteiger partial charge is 0.170 e. The minimum atomic E-state index is 0.405. The third kappa shape index (κ3) is 4.74. The average molecular weight is 355 g/mol. The molecule has 1 saturated carbocycles. The van der Waals surface area contributed by atoms with Gasteiger partial charge in [0, 0.05) is 16.2 Å². The molecule has 0 radical (unpaired) electrons. The van der Waals surface area contributed by atoms with Gasteiger partial charge in [-0.2, -0.15) is 0 Å². The molecular formula is C16H23BrN2S. The number of nitrogens with one attached hydrogen (secondary N) is 2. The van der Waals surface area contributed by atoms with E-state index in [1.807, 2.05) is 24.3 Å². The van der Waals surface area contributed by atoms with Crippen LogP contribution in [-0.4, -0.2) is 11.2 Å². The van der Waals surface area contributed by atoms with Gasteiger partial charge in [0.1, 0.15) is 0 Å². The molecule has 1 aromatic carbocycles. The predicted molar refractivity (Wildman–Crippen MR) is 94.1 cm³/mol. The minimum Gasteiger partial charge on any atom is -0.360 e. The zero-order chi connectivity index (χ0) is 14.8. The van der Waals surface area contributed by atoms with Crippen LogP contribution in [0.25, 0.3) is 0 Å². The molecule has 2 nitrogen and oxygen atoms in total. The minimum absolute atomic E-state index is 0.405. The van der Waals surface area contributed by atoms with E-state index in [1.54, 1.807) is 0 Å². The van der Waals surface area contributed by atoms with E-state index in [2.05, 4.69) is 47.3 Å². The van der Waals surface area contributed by atoms with E-state index in [1.165, 1.54) is 19.3 Å². The molecule has 1 fully saturated rings. The summed E-state index contributed by atoms with van der Waals surface area (Å²) in [5, 5.41) is 7.46. The van der Waals surface area contributed by atoms with Crippen molar-refractivity contribution in [1.82, 2.24) is 5.32 Å². The lowest BCUT2D eigenvalue weighted by atomic mass is 9.71. The second kappa shape index (κ2) is 6.44. The molecule has 110 valence electrons. The van der Waals surface area contributed by atoms with Gasteiger partial charge in [0.25, 0.3) is 0 Å².